The van der Waals surface area contributed by atoms with Gasteiger partial charge in [0.25, 0.3) is 5.91 Å². The van der Waals surface area contributed by atoms with Gasteiger partial charge in [0.05, 0.1) is 62.3 Å². The molecule has 0 spiro atoms. The molecule has 5 aliphatic rings. The van der Waals surface area contributed by atoms with E-state index in [0.717, 1.165) is 42.3 Å². The largest absolute Gasteiger partial charge is 0.376 e. The predicted octanol–water partition coefficient (Wildman–Crippen LogP) is 6.78. The Hall–Kier alpha value is -6.59. The van der Waals surface area contributed by atoms with Gasteiger partial charge in [-0.05, 0) is 119 Å². The van der Waals surface area contributed by atoms with E-state index in [-0.39, 0.29) is 40.2 Å². The van der Waals surface area contributed by atoms with Crippen LogP contribution in [0.5, 0.6) is 0 Å². The molecular formula is C48H48F2N10O5. The zero-order valence-corrected chi connectivity index (χ0v) is 36.5. The summed E-state index contributed by atoms with van der Waals surface area (Å²) in [5.41, 5.74) is 4.98. The van der Waals surface area contributed by atoms with Crippen LogP contribution in [0.1, 0.15) is 115 Å². The molecular weight excluding hydrogens is 835 g/mol. The normalized spacial score (nSPS) is 22.2. The zero-order chi connectivity index (χ0) is 44.7. The first-order chi connectivity index (χ1) is 31.3. The summed E-state index contributed by atoms with van der Waals surface area (Å²) < 4.78 is 45.4. The second-order valence-electron chi connectivity index (χ2n) is 19.0. The third kappa shape index (κ3) is 6.21. The fraction of sp³-hybridized carbons (Fsp3) is 0.396. The van der Waals surface area contributed by atoms with Gasteiger partial charge in [0.15, 0.2) is 11.7 Å². The van der Waals surface area contributed by atoms with Crippen LogP contribution in [0.15, 0.2) is 83.4 Å². The summed E-state index contributed by atoms with van der Waals surface area (Å²) in [7, 11) is 1.73. The highest BCUT2D eigenvalue weighted by molar-refractivity contribution is 6.05. The molecule has 2 aliphatic carbocycles. The lowest BCUT2D eigenvalue weighted by atomic mass is 9.84. The summed E-state index contributed by atoms with van der Waals surface area (Å²) in [6, 6.07) is 11.8. The number of hydrogen-bond donors (Lipinski definition) is 2. The van der Waals surface area contributed by atoms with Crippen LogP contribution in [0.25, 0.3) is 33.6 Å². The van der Waals surface area contributed by atoms with E-state index in [1.165, 1.54) is 27.6 Å². The summed E-state index contributed by atoms with van der Waals surface area (Å²) in [6.07, 6.45) is 12.6. The van der Waals surface area contributed by atoms with Crippen LogP contribution in [0, 0.1) is 11.6 Å². The van der Waals surface area contributed by atoms with Gasteiger partial charge in [-0.15, -0.1) is 0 Å². The van der Waals surface area contributed by atoms with Gasteiger partial charge in [-0.3, -0.25) is 18.6 Å². The molecule has 8 heterocycles. The number of ether oxygens (including phenoxy) is 1. The van der Waals surface area contributed by atoms with E-state index >= 15 is 13.6 Å². The van der Waals surface area contributed by atoms with E-state index in [4.69, 9.17) is 14.7 Å². The molecule has 2 N–H and O–H groups in total. The number of nitrogens with zero attached hydrogens (tertiary/aromatic N) is 9. The molecule has 1 unspecified atom stereocenters. The molecule has 334 valence electrons. The molecule has 2 saturated carbocycles. The standard InChI is InChI=1S/C48H48F2N10O5/c1-26-39-35(53-60(30-8-9-34(49)31(21-30)27-5-6-27)42(39)59-19-18-58(46(59)63)38-12-11-36-32(41(38)50)23-51-55(36)4)13-17-57(26)43(61)33-25-56-24-29(28-14-20-64-47(2,3)22-28)7-10-37(56)40(33)48(15-16-48)44-52-45(62)65-54-44/h7-12,18-19,21,23-28,45,62H,5-6,13-17,20,22H2,1-4H3,(H,52,54)/t26-,28+,45?/m0/s1. The van der Waals surface area contributed by atoms with E-state index < -0.39 is 29.4 Å². The highest BCUT2D eigenvalue weighted by Crippen LogP contribution is 2.54. The fourth-order valence-corrected chi connectivity index (χ4v) is 10.8. The third-order valence-electron chi connectivity index (χ3n) is 14.4. The molecule has 5 aromatic heterocycles. The number of imidazole rings is 1. The summed E-state index contributed by atoms with van der Waals surface area (Å²) in [5.74, 6) is 0.145. The van der Waals surface area contributed by atoms with Crippen molar-refractivity contribution in [3.05, 3.63) is 129 Å². The van der Waals surface area contributed by atoms with Crippen LogP contribution in [0.2, 0.25) is 0 Å². The van der Waals surface area contributed by atoms with Crippen molar-refractivity contribution < 1.29 is 28.3 Å². The maximum Gasteiger partial charge on any atom is 0.338 e. The molecule has 3 fully saturated rings. The van der Waals surface area contributed by atoms with Crippen LogP contribution >= 0.6 is 0 Å². The number of aliphatic hydroxyl groups is 1. The Kier molecular flexibility index (Phi) is 8.73. The Bertz CT molecular complexity index is 3220. The van der Waals surface area contributed by atoms with Crippen LogP contribution in [0.4, 0.5) is 8.78 Å². The number of carbonyl (C=O) groups excluding carboxylic acids is 1. The van der Waals surface area contributed by atoms with Gasteiger partial charge < -0.3 is 29.3 Å². The molecule has 7 aromatic rings. The van der Waals surface area contributed by atoms with Gasteiger partial charge in [-0.1, -0.05) is 11.2 Å². The summed E-state index contributed by atoms with van der Waals surface area (Å²) in [4.78, 5) is 37.2. The minimum absolute atomic E-state index is 0.0575. The molecule has 1 amide bonds. The number of halogens is 2. The van der Waals surface area contributed by atoms with Crippen LogP contribution in [-0.4, -0.2) is 80.0 Å². The summed E-state index contributed by atoms with van der Waals surface area (Å²) >= 11 is 0. The molecule has 1 saturated heterocycles. The highest BCUT2D eigenvalue weighted by atomic mass is 19.1. The second-order valence-corrected chi connectivity index (χ2v) is 19.0. The van der Waals surface area contributed by atoms with E-state index in [9.17, 15) is 9.90 Å². The topological polar surface area (TPSA) is 150 Å². The number of benzene rings is 2. The van der Waals surface area contributed by atoms with Crippen LogP contribution in [-0.2, 0) is 28.5 Å². The van der Waals surface area contributed by atoms with Gasteiger partial charge in [0.1, 0.15) is 11.6 Å². The minimum Gasteiger partial charge on any atom is -0.376 e. The van der Waals surface area contributed by atoms with Gasteiger partial charge in [-0.2, -0.15) is 10.2 Å². The van der Waals surface area contributed by atoms with Crippen molar-refractivity contribution in [2.45, 2.75) is 101 Å². The SMILES string of the molecule is C[C@H]1c2c(nn(-c3ccc(F)c(C4CC4)c3)c2-n2ccn(-c3ccc4c(cnn4C)c3F)c2=O)CCN1C(=O)c1cn2cc([C@@H]3CCOC(C)(C)C3)ccc2c1C1(C2=NOC(O)N2)CC1. The number of amidine groups is 1. The molecule has 17 heteroatoms. The van der Waals surface area contributed by atoms with Crippen molar-refractivity contribution in [1.82, 2.24) is 43.3 Å². The lowest BCUT2D eigenvalue weighted by Crippen LogP contribution is -2.41. The average molecular weight is 883 g/mol. The average Bonchev–Trinajstić information content (AvgIpc) is 4.03. The van der Waals surface area contributed by atoms with Crippen LogP contribution in [0.3, 0.4) is 0 Å². The maximum absolute atomic E-state index is 16.2. The number of hydrogen-bond acceptors (Lipinski definition) is 9. The number of nitrogens with one attached hydrogen (secondary N) is 1. The maximum atomic E-state index is 16.2. The Morgan fingerprint density at radius 1 is 0.985 bits per heavy atom. The Balaban J connectivity index is 0.987. The third-order valence-corrected chi connectivity index (χ3v) is 14.4. The molecule has 0 bridgehead atoms. The van der Waals surface area contributed by atoms with Crippen molar-refractivity contribution >= 4 is 28.2 Å². The molecule has 2 aromatic carbocycles. The molecule has 12 rings (SSSR count). The van der Waals surface area contributed by atoms with Crippen LogP contribution < -0.4 is 11.0 Å². The molecule has 3 atom stereocenters. The first kappa shape index (κ1) is 40.0. The number of rotatable bonds is 8. The highest BCUT2D eigenvalue weighted by Gasteiger charge is 2.55. The van der Waals surface area contributed by atoms with Gasteiger partial charge >= 0.3 is 12.1 Å². The number of fused-ring (bicyclic) bond motifs is 3. The number of aryl methyl sites for hydroxylation is 1. The molecule has 65 heavy (non-hydrogen) atoms. The smallest absolute Gasteiger partial charge is 0.338 e. The van der Waals surface area contributed by atoms with Gasteiger partial charge in [0, 0.05) is 62.5 Å². The Morgan fingerprint density at radius 3 is 2.54 bits per heavy atom. The van der Waals surface area contributed by atoms with E-state index in [1.54, 1.807) is 46.9 Å². The van der Waals surface area contributed by atoms with Gasteiger partial charge in [-0.25, -0.2) is 18.3 Å². The Labute approximate surface area is 371 Å². The minimum atomic E-state index is -1.29. The summed E-state index contributed by atoms with van der Waals surface area (Å²) in [5, 5.41) is 27.1. The lowest BCUT2D eigenvalue weighted by Gasteiger charge is -2.35. The van der Waals surface area contributed by atoms with E-state index in [2.05, 4.69) is 47.7 Å². The lowest BCUT2D eigenvalue weighted by molar-refractivity contribution is -0.0896. The number of pyridine rings is 1. The monoisotopic (exact) mass is 882 g/mol. The molecule has 0 radical (unpaired) electrons. The molecule has 15 nitrogen and oxygen atoms in total. The van der Waals surface area contributed by atoms with Crippen molar-refractivity contribution in [1.29, 1.82) is 0 Å². The molecule has 3 aliphatic heterocycles. The van der Waals surface area contributed by atoms with Gasteiger partial charge in [0.2, 0.25) is 0 Å². The first-order valence-corrected chi connectivity index (χ1v) is 22.4. The first-order valence-electron chi connectivity index (χ1n) is 22.4. The fourth-order valence-electron chi connectivity index (χ4n) is 10.8. The second kappa shape index (κ2) is 14.2. The predicted molar refractivity (Wildman–Crippen MR) is 236 cm³/mol. The number of carbonyl (C=O) groups is 1. The Morgan fingerprint density at radius 2 is 1.78 bits per heavy atom. The zero-order valence-electron chi connectivity index (χ0n) is 36.5. The number of aromatic nitrogens is 7. The van der Waals surface area contributed by atoms with E-state index in [1.807, 2.05) is 22.4 Å². The summed E-state index contributed by atoms with van der Waals surface area (Å²) in [6.45, 7) is 7.16. The van der Waals surface area contributed by atoms with Crippen molar-refractivity contribution in [3.8, 4) is 17.2 Å². The van der Waals surface area contributed by atoms with Crippen molar-refractivity contribution in [2.24, 2.45) is 12.2 Å². The van der Waals surface area contributed by atoms with Crippen molar-refractivity contribution in [2.75, 3.05) is 13.2 Å². The number of amides is 1. The quantitative estimate of drug-likeness (QED) is 0.170. The van der Waals surface area contributed by atoms with Crippen molar-refractivity contribution in [3.63, 3.8) is 0 Å². The number of oxime groups is 1. The number of aliphatic hydroxyl groups excluding tert-OH is 1. The van der Waals surface area contributed by atoms with E-state index in [0.29, 0.717) is 77.7 Å².